The summed E-state index contributed by atoms with van der Waals surface area (Å²) in [5.41, 5.74) is 0.897. The number of ether oxygens (including phenoxy) is 3. The molecule has 0 spiro atoms. The lowest BCUT2D eigenvalue weighted by Crippen LogP contribution is -2.30. The van der Waals surface area contributed by atoms with E-state index >= 15 is 0 Å². The Morgan fingerprint density at radius 2 is 1.52 bits per heavy atom. The molecular formula is C22H30O9. The van der Waals surface area contributed by atoms with Crippen LogP contribution in [0.1, 0.15) is 42.2 Å². The number of phenols is 1. The molecule has 0 saturated carbocycles. The van der Waals surface area contributed by atoms with Crippen LogP contribution in [0.5, 0.6) is 23.0 Å². The summed E-state index contributed by atoms with van der Waals surface area (Å²) in [5, 5.41) is 60.4. The first-order valence-corrected chi connectivity index (χ1v) is 9.81. The summed E-state index contributed by atoms with van der Waals surface area (Å²) < 4.78 is 16.2. The van der Waals surface area contributed by atoms with Crippen molar-refractivity contribution >= 4 is 0 Å². The molecule has 2 aromatic rings. The number of benzene rings is 2. The van der Waals surface area contributed by atoms with Gasteiger partial charge in [-0.3, -0.25) is 0 Å². The number of hydrogen-bond acceptors (Lipinski definition) is 9. The lowest BCUT2D eigenvalue weighted by atomic mass is 9.99. The molecule has 2 rings (SSSR count). The van der Waals surface area contributed by atoms with Gasteiger partial charge in [-0.05, 0) is 41.8 Å². The average Bonchev–Trinajstić information content (AvgIpc) is 2.80. The first-order valence-electron chi connectivity index (χ1n) is 9.81. The van der Waals surface area contributed by atoms with Crippen LogP contribution in [-0.4, -0.2) is 63.7 Å². The van der Waals surface area contributed by atoms with E-state index in [9.17, 15) is 30.6 Å². The summed E-state index contributed by atoms with van der Waals surface area (Å²) in [4.78, 5) is 0. The summed E-state index contributed by atoms with van der Waals surface area (Å²) in [5.74, 6) is 0.274. The van der Waals surface area contributed by atoms with E-state index in [1.54, 1.807) is 6.92 Å². The molecule has 0 aromatic heterocycles. The van der Waals surface area contributed by atoms with Crippen molar-refractivity contribution in [1.82, 2.24) is 0 Å². The molecule has 0 bridgehead atoms. The fourth-order valence-corrected chi connectivity index (χ4v) is 3.15. The van der Waals surface area contributed by atoms with Crippen LogP contribution in [-0.2, 0) is 6.61 Å². The van der Waals surface area contributed by atoms with Gasteiger partial charge >= 0.3 is 0 Å². The number of methoxy groups -OCH3 is 2. The predicted octanol–water partition coefficient (Wildman–Crippen LogP) is 1.18. The number of aromatic hydroxyl groups is 1. The molecule has 172 valence electrons. The second kappa shape index (κ2) is 11.2. The van der Waals surface area contributed by atoms with E-state index in [1.165, 1.54) is 44.6 Å². The molecule has 0 aliphatic rings. The van der Waals surface area contributed by atoms with E-state index < -0.39 is 37.6 Å². The Kier molecular flexibility index (Phi) is 8.90. The van der Waals surface area contributed by atoms with Crippen molar-refractivity contribution in [2.75, 3.05) is 20.8 Å². The highest BCUT2D eigenvalue weighted by molar-refractivity contribution is 5.50. The van der Waals surface area contributed by atoms with Crippen LogP contribution in [0, 0.1) is 0 Å². The van der Waals surface area contributed by atoms with Gasteiger partial charge in [0, 0.05) is 5.56 Å². The smallest absolute Gasteiger partial charge is 0.167 e. The molecule has 4 atom stereocenters. The van der Waals surface area contributed by atoms with E-state index in [4.69, 9.17) is 14.2 Å². The van der Waals surface area contributed by atoms with Crippen LogP contribution in [0.3, 0.4) is 0 Å². The maximum Gasteiger partial charge on any atom is 0.167 e. The molecule has 0 heterocycles. The van der Waals surface area contributed by atoms with E-state index in [0.717, 1.165) is 0 Å². The molecule has 0 amide bonds. The number of aliphatic hydroxyl groups is 5. The highest BCUT2D eigenvalue weighted by Gasteiger charge is 2.27. The minimum atomic E-state index is -1.30. The lowest BCUT2D eigenvalue weighted by Gasteiger charge is -2.26. The van der Waals surface area contributed by atoms with Crippen LogP contribution >= 0.6 is 0 Å². The number of rotatable bonds is 11. The number of aliphatic hydroxyl groups excluding tert-OH is 5. The number of phenolic OH excluding ortho intramolecular Hbond substituents is 1. The zero-order chi connectivity index (χ0) is 23.1. The first-order chi connectivity index (χ1) is 14.8. The minimum Gasteiger partial charge on any atom is -0.504 e. The van der Waals surface area contributed by atoms with Crippen LogP contribution in [0.15, 0.2) is 30.3 Å². The van der Waals surface area contributed by atoms with Crippen molar-refractivity contribution in [2.45, 2.75) is 44.4 Å². The van der Waals surface area contributed by atoms with Gasteiger partial charge in [0.2, 0.25) is 0 Å². The van der Waals surface area contributed by atoms with Crippen molar-refractivity contribution in [3.63, 3.8) is 0 Å². The fraction of sp³-hybridized carbons (Fsp3) is 0.455. The van der Waals surface area contributed by atoms with E-state index in [2.05, 4.69) is 0 Å². The normalized spacial score (nSPS) is 15.1. The van der Waals surface area contributed by atoms with E-state index in [1.807, 2.05) is 0 Å². The summed E-state index contributed by atoms with van der Waals surface area (Å²) in [6.07, 6.45) is -4.32. The molecule has 9 nitrogen and oxygen atoms in total. The van der Waals surface area contributed by atoms with Crippen molar-refractivity contribution in [3.8, 4) is 23.0 Å². The molecule has 9 heteroatoms. The third-order valence-electron chi connectivity index (χ3n) is 5.02. The number of hydrogen-bond donors (Lipinski definition) is 6. The third-order valence-corrected chi connectivity index (χ3v) is 5.02. The molecule has 4 unspecified atom stereocenters. The van der Waals surface area contributed by atoms with Crippen molar-refractivity contribution < 1.29 is 44.8 Å². The zero-order valence-electron chi connectivity index (χ0n) is 17.7. The Bertz CT molecular complexity index is 830. The molecule has 0 saturated heterocycles. The summed E-state index contributed by atoms with van der Waals surface area (Å²) in [6.45, 7) is 0.675. The lowest BCUT2D eigenvalue weighted by molar-refractivity contribution is -0.00192. The SMILES string of the molecule is CCC(O)C(O)c1cc(CO)c(OC(CO)C(O)c2ccc(O)c(OC)c2)c(OC)c1. The molecule has 2 aromatic carbocycles. The van der Waals surface area contributed by atoms with Crippen LogP contribution < -0.4 is 14.2 Å². The Morgan fingerprint density at radius 1 is 0.871 bits per heavy atom. The monoisotopic (exact) mass is 438 g/mol. The average molecular weight is 438 g/mol. The largest absolute Gasteiger partial charge is 0.504 e. The molecule has 0 radical (unpaired) electrons. The minimum absolute atomic E-state index is 0.0794. The van der Waals surface area contributed by atoms with Crippen LogP contribution in [0.2, 0.25) is 0 Å². The van der Waals surface area contributed by atoms with Gasteiger partial charge in [-0.15, -0.1) is 0 Å². The maximum absolute atomic E-state index is 10.7. The highest BCUT2D eigenvalue weighted by atomic mass is 16.5. The second-order valence-electron chi connectivity index (χ2n) is 7.00. The van der Waals surface area contributed by atoms with Gasteiger partial charge in [0.05, 0.1) is 33.5 Å². The van der Waals surface area contributed by atoms with E-state index in [-0.39, 0.29) is 28.6 Å². The Hall–Kier alpha value is -2.56. The molecule has 6 N–H and O–H groups in total. The Labute approximate surface area is 180 Å². The highest BCUT2D eigenvalue weighted by Crippen LogP contribution is 2.38. The zero-order valence-corrected chi connectivity index (χ0v) is 17.7. The van der Waals surface area contributed by atoms with Gasteiger partial charge < -0.3 is 44.8 Å². The molecule has 0 fully saturated rings. The molecule has 0 aliphatic carbocycles. The predicted molar refractivity (Wildman–Crippen MR) is 111 cm³/mol. The van der Waals surface area contributed by atoms with Gasteiger partial charge in [0.1, 0.15) is 12.2 Å². The molecule has 31 heavy (non-hydrogen) atoms. The van der Waals surface area contributed by atoms with Crippen molar-refractivity contribution in [1.29, 1.82) is 0 Å². The van der Waals surface area contributed by atoms with Gasteiger partial charge in [-0.25, -0.2) is 0 Å². The van der Waals surface area contributed by atoms with Crippen LogP contribution in [0.4, 0.5) is 0 Å². The molecular weight excluding hydrogens is 408 g/mol. The van der Waals surface area contributed by atoms with Gasteiger partial charge in [0.25, 0.3) is 0 Å². The van der Waals surface area contributed by atoms with Crippen molar-refractivity contribution in [2.24, 2.45) is 0 Å². The summed E-state index contributed by atoms with van der Waals surface area (Å²) in [7, 11) is 2.74. The first kappa shape index (κ1) is 24.7. The molecule has 0 aliphatic heterocycles. The second-order valence-corrected chi connectivity index (χ2v) is 7.00. The Morgan fingerprint density at radius 3 is 2.06 bits per heavy atom. The van der Waals surface area contributed by atoms with E-state index in [0.29, 0.717) is 17.5 Å². The standard InChI is InChI=1S/C22H30O9/c1-4-15(25)20(27)13-7-14(10-23)22(18(9-13)30-3)31-19(11-24)21(28)12-5-6-16(26)17(8-12)29-2/h5-9,15,19-21,23-28H,4,10-11H2,1-3H3. The maximum atomic E-state index is 10.7. The summed E-state index contributed by atoms with van der Waals surface area (Å²) >= 11 is 0. The fourth-order valence-electron chi connectivity index (χ4n) is 3.15. The third kappa shape index (κ3) is 5.57. The van der Waals surface area contributed by atoms with Crippen LogP contribution in [0.25, 0.3) is 0 Å². The van der Waals surface area contributed by atoms with Gasteiger partial charge in [0.15, 0.2) is 29.1 Å². The van der Waals surface area contributed by atoms with Gasteiger partial charge in [-0.2, -0.15) is 0 Å². The van der Waals surface area contributed by atoms with Gasteiger partial charge in [-0.1, -0.05) is 13.0 Å². The quantitative estimate of drug-likeness (QED) is 0.304. The topological polar surface area (TPSA) is 149 Å². The summed E-state index contributed by atoms with van der Waals surface area (Å²) in [6, 6.07) is 7.15. The van der Waals surface area contributed by atoms with Crippen molar-refractivity contribution in [3.05, 3.63) is 47.0 Å². The Balaban J connectivity index is 2.40.